The molecule has 1 aliphatic carbocycles. The molecule has 3 rings (SSSR count). The number of benzene rings is 1. The standard InChI is InChI=1S/C17H22N2O2S/c1-11-6-5-7-12(2)16(11)19-15(20)10-22-17-18-13-8-3-4-9-14(13)21-17/h3-4,8-9,11-12,16H,5-7,10H2,1-2H3,(H,19,20). The number of hydrogen-bond acceptors (Lipinski definition) is 4. The highest BCUT2D eigenvalue weighted by Crippen LogP contribution is 2.29. The van der Waals surface area contributed by atoms with Gasteiger partial charge in [-0.2, -0.15) is 0 Å². The van der Waals surface area contributed by atoms with Crippen LogP contribution >= 0.6 is 11.8 Å². The fourth-order valence-electron chi connectivity index (χ4n) is 3.23. The quantitative estimate of drug-likeness (QED) is 0.870. The third-order valence-corrected chi connectivity index (χ3v) is 5.30. The summed E-state index contributed by atoms with van der Waals surface area (Å²) in [6.45, 7) is 4.46. The average molecular weight is 318 g/mol. The van der Waals surface area contributed by atoms with Gasteiger partial charge in [-0.05, 0) is 36.8 Å². The maximum absolute atomic E-state index is 12.2. The van der Waals surface area contributed by atoms with Crippen LogP contribution in [0.1, 0.15) is 33.1 Å². The molecule has 2 unspecified atom stereocenters. The van der Waals surface area contributed by atoms with Crippen LogP contribution in [-0.2, 0) is 4.79 Å². The van der Waals surface area contributed by atoms with E-state index >= 15 is 0 Å². The predicted octanol–water partition coefficient (Wildman–Crippen LogP) is 3.86. The fourth-order valence-corrected chi connectivity index (χ4v) is 3.88. The zero-order chi connectivity index (χ0) is 15.5. The Morgan fingerprint density at radius 1 is 1.32 bits per heavy atom. The van der Waals surface area contributed by atoms with Crippen LogP contribution in [0.4, 0.5) is 0 Å². The van der Waals surface area contributed by atoms with Gasteiger partial charge in [0.1, 0.15) is 5.52 Å². The molecule has 1 N–H and O–H groups in total. The molecule has 22 heavy (non-hydrogen) atoms. The molecule has 1 amide bonds. The number of carbonyl (C=O) groups excluding carboxylic acids is 1. The first-order valence-corrected chi connectivity index (χ1v) is 8.90. The number of thioether (sulfide) groups is 1. The van der Waals surface area contributed by atoms with E-state index in [1.807, 2.05) is 24.3 Å². The molecule has 5 heteroatoms. The topological polar surface area (TPSA) is 55.1 Å². The van der Waals surface area contributed by atoms with E-state index in [-0.39, 0.29) is 5.91 Å². The Morgan fingerprint density at radius 2 is 2.05 bits per heavy atom. The van der Waals surface area contributed by atoms with E-state index in [0.717, 1.165) is 11.1 Å². The summed E-state index contributed by atoms with van der Waals surface area (Å²) in [5, 5.41) is 3.75. The summed E-state index contributed by atoms with van der Waals surface area (Å²) in [5.41, 5.74) is 1.60. The third-order valence-electron chi connectivity index (χ3n) is 4.47. The average Bonchev–Trinajstić information content (AvgIpc) is 2.92. The smallest absolute Gasteiger partial charge is 0.257 e. The molecular formula is C17H22N2O2S. The van der Waals surface area contributed by atoms with Gasteiger partial charge < -0.3 is 9.73 Å². The lowest BCUT2D eigenvalue weighted by atomic mass is 9.79. The third kappa shape index (κ3) is 3.46. The second kappa shape index (κ2) is 6.73. The first-order valence-electron chi connectivity index (χ1n) is 7.91. The minimum Gasteiger partial charge on any atom is -0.431 e. The summed E-state index contributed by atoms with van der Waals surface area (Å²) >= 11 is 1.36. The second-order valence-corrected chi connectivity index (χ2v) is 7.14. The number of aromatic nitrogens is 1. The monoisotopic (exact) mass is 318 g/mol. The Labute approximate surface area is 135 Å². The Balaban J connectivity index is 1.55. The van der Waals surface area contributed by atoms with E-state index in [0.29, 0.717) is 28.9 Å². The van der Waals surface area contributed by atoms with Crippen molar-refractivity contribution in [1.82, 2.24) is 10.3 Å². The van der Waals surface area contributed by atoms with Crippen LogP contribution in [-0.4, -0.2) is 22.7 Å². The molecule has 1 aliphatic rings. The maximum atomic E-state index is 12.2. The summed E-state index contributed by atoms with van der Waals surface area (Å²) in [4.78, 5) is 16.6. The number of fused-ring (bicyclic) bond motifs is 1. The lowest BCUT2D eigenvalue weighted by molar-refractivity contribution is -0.120. The van der Waals surface area contributed by atoms with Crippen LogP contribution in [0.2, 0.25) is 0 Å². The van der Waals surface area contributed by atoms with E-state index in [1.165, 1.54) is 31.0 Å². The minimum atomic E-state index is 0.0675. The molecule has 0 bridgehead atoms. The Bertz CT molecular complexity index is 612. The molecule has 1 aromatic carbocycles. The van der Waals surface area contributed by atoms with Gasteiger partial charge in [-0.3, -0.25) is 4.79 Å². The van der Waals surface area contributed by atoms with Crippen molar-refractivity contribution in [1.29, 1.82) is 0 Å². The van der Waals surface area contributed by atoms with Gasteiger partial charge in [-0.25, -0.2) is 4.98 Å². The van der Waals surface area contributed by atoms with Gasteiger partial charge in [-0.15, -0.1) is 0 Å². The number of nitrogens with zero attached hydrogens (tertiary/aromatic N) is 1. The van der Waals surface area contributed by atoms with Crippen LogP contribution in [0.3, 0.4) is 0 Å². The molecule has 1 aromatic heterocycles. The number of carbonyl (C=O) groups is 1. The number of amides is 1. The van der Waals surface area contributed by atoms with Crippen molar-refractivity contribution >= 4 is 28.8 Å². The predicted molar refractivity (Wildman–Crippen MR) is 88.8 cm³/mol. The molecule has 1 saturated carbocycles. The van der Waals surface area contributed by atoms with Crippen molar-refractivity contribution in [3.05, 3.63) is 24.3 Å². The summed E-state index contributed by atoms with van der Waals surface area (Å²) in [6.07, 6.45) is 3.67. The number of hydrogen-bond donors (Lipinski definition) is 1. The van der Waals surface area contributed by atoms with Gasteiger partial charge in [-0.1, -0.05) is 44.2 Å². The Hall–Kier alpha value is -1.49. The Morgan fingerprint density at radius 3 is 2.77 bits per heavy atom. The molecular weight excluding hydrogens is 296 g/mol. The van der Waals surface area contributed by atoms with Gasteiger partial charge >= 0.3 is 0 Å². The van der Waals surface area contributed by atoms with Gasteiger partial charge in [0.15, 0.2) is 5.58 Å². The highest BCUT2D eigenvalue weighted by molar-refractivity contribution is 7.99. The molecule has 0 spiro atoms. The first-order chi connectivity index (χ1) is 10.6. The number of rotatable bonds is 4. The number of oxazole rings is 1. The summed E-state index contributed by atoms with van der Waals surface area (Å²) in [5.74, 6) is 1.53. The first kappa shape index (κ1) is 15.4. The minimum absolute atomic E-state index is 0.0675. The number of nitrogens with one attached hydrogen (secondary N) is 1. The van der Waals surface area contributed by atoms with Crippen molar-refractivity contribution in [3.8, 4) is 0 Å². The lowest BCUT2D eigenvalue weighted by Gasteiger charge is -2.35. The largest absolute Gasteiger partial charge is 0.431 e. The van der Waals surface area contributed by atoms with Gasteiger partial charge in [0.05, 0.1) is 5.75 Å². The van der Waals surface area contributed by atoms with E-state index in [4.69, 9.17) is 4.42 Å². The van der Waals surface area contributed by atoms with Crippen molar-refractivity contribution < 1.29 is 9.21 Å². The fraction of sp³-hybridized carbons (Fsp3) is 0.529. The lowest BCUT2D eigenvalue weighted by Crippen LogP contribution is -2.46. The van der Waals surface area contributed by atoms with Crippen molar-refractivity contribution in [2.45, 2.75) is 44.4 Å². The molecule has 2 atom stereocenters. The van der Waals surface area contributed by atoms with Crippen molar-refractivity contribution in [3.63, 3.8) is 0 Å². The molecule has 118 valence electrons. The van der Waals surface area contributed by atoms with E-state index in [2.05, 4.69) is 24.1 Å². The van der Waals surface area contributed by atoms with Crippen LogP contribution in [0, 0.1) is 11.8 Å². The van der Waals surface area contributed by atoms with Crippen molar-refractivity contribution in [2.75, 3.05) is 5.75 Å². The zero-order valence-electron chi connectivity index (χ0n) is 13.0. The molecule has 4 nitrogen and oxygen atoms in total. The van der Waals surface area contributed by atoms with E-state index in [9.17, 15) is 4.79 Å². The SMILES string of the molecule is CC1CCCC(C)C1NC(=O)CSc1nc2ccccc2o1. The highest BCUT2D eigenvalue weighted by atomic mass is 32.2. The second-order valence-electron chi connectivity index (χ2n) is 6.21. The van der Waals surface area contributed by atoms with Crippen LogP contribution in [0.15, 0.2) is 33.9 Å². The van der Waals surface area contributed by atoms with Gasteiger partial charge in [0.25, 0.3) is 5.22 Å². The molecule has 0 saturated heterocycles. The van der Waals surface area contributed by atoms with Crippen molar-refractivity contribution in [2.24, 2.45) is 11.8 Å². The molecule has 1 heterocycles. The molecule has 2 aromatic rings. The molecule has 0 radical (unpaired) electrons. The summed E-state index contributed by atoms with van der Waals surface area (Å²) < 4.78 is 5.62. The molecule has 0 aliphatic heterocycles. The highest BCUT2D eigenvalue weighted by Gasteiger charge is 2.28. The van der Waals surface area contributed by atoms with Crippen LogP contribution in [0.25, 0.3) is 11.1 Å². The number of para-hydroxylation sites is 2. The Kier molecular flexibility index (Phi) is 4.71. The maximum Gasteiger partial charge on any atom is 0.257 e. The van der Waals surface area contributed by atoms with Gasteiger partial charge in [0.2, 0.25) is 5.91 Å². The van der Waals surface area contributed by atoms with E-state index in [1.54, 1.807) is 0 Å². The normalized spacial score (nSPS) is 25.3. The van der Waals surface area contributed by atoms with Crippen LogP contribution in [0.5, 0.6) is 0 Å². The molecule has 1 fully saturated rings. The zero-order valence-corrected chi connectivity index (χ0v) is 13.9. The van der Waals surface area contributed by atoms with Gasteiger partial charge in [0, 0.05) is 6.04 Å². The van der Waals surface area contributed by atoms with Crippen LogP contribution < -0.4 is 5.32 Å². The summed E-state index contributed by atoms with van der Waals surface area (Å²) in [6, 6.07) is 7.94. The summed E-state index contributed by atoms with van der Waals surface area (Å²) in [7, 11) is 0. The van der Waals surface area contributed by atoms with E-state index < -0.39 is 0 Å².